The van der Waals surface area contributed by atoms with Gasteiger partial charge in [-0.15, -0.1) is 0 Å². The minimum Gasteiger partial charge on any atom is -0.394 e. The van der Waals surface area contributed by atoms with Gasteiger partial charge in [-0.1, -0.05) is 0 Å². The predicted octanol–water partition coefficient (Wildman–Crippen LogP) is -6.95. The van der Waals surface area contributed by atoms with Crippen molar-refractivity contribution in [3.05, 3.63) is 0 Å². The van der Waals surface area contributed by atoms with E-state index in [0.29, 0.717) is 0 Å². The SMILES string of the molecule is CN[C@@H]1[C@@H](O[C@H]2O[C@H](CO)[C@@H](N)[C@H](O)[C@@H]2O)O[C@H]2C[C@@H](N)[C@@H](O[C@H]3[C@H](O)[C@H](O)[C@H](N)C[C@H]3N)O[C@H]2[C@@H]1O. The van der Waals surface area contributed by atoms with Crippen molar-refractivity contribution in [3.8, 4) is 0 Å². The fraction of sp³-hybridized carbons (Fsp3) is 1.00. The standard InChI is InChI=1S/C21H41N5O11/c1-26-11-14(30)18-8(33-20(11)37-21-16(32)13(29)10(25)9(4-27)34-21)3-7(24)19(36-18)35-17-6(23)2-5(22)12(28)15(17)31/h5-21,26-32H,2-4,22-25H2,1H3/t5-,6-,7-,8+,9-,10-,11+,12-,13+,14-,15-,16+,17-,18-,19+,20-,21-/m1/s1. The molecule has 1 aliphatic carbocycles. The first-order chi connectivity index (χ1) is 17.5. The second-order valence-electron chi connectivity index (χ2n) is 10.3. The lowest BCUT2D eigenvalue weighted by Crippen LogP contribution is -2.70. The Morgan fingerprint density at radius 3 is 2.08 bits per heavy atom. The number of likely N-dealkylation sites (N-methyl/N-ethyl adjacent to an activating group) is 1. The van der Waals surface area contributed by atoms with E-state index < -0.39 is 111 Å². The van der Waals surface area contributed by atoms with Crippen molar-refractivity contribution in [2.75, 3.05) is 13.7 Å². The van der Waals surface area contributed by atoms with Crippen molar-refractivity contribution in [1.29, 1.82) is 0 Å². The van der Waals surface area contributed by atoms with Crippen LogP contribution in [0, 0.1) is 0 Å². The molecule has 216 valence electrons. The summed E-state index contributed by atoms with van der Waals surface area (Å²) in [6.45, 7) is -0.508. The van der Waals surface area contributed by atoms with E-state index in [1.165, 1.54) is 0 Å². The van der Waals surface area contributed by atoms with Gasteiger partial charge in [0, 0.05) is 12.1 Å². The molecule has 4 fully saturated rings. The Morgan fingerprint density at radius 2 is 1.43 bits per heavy atom. The molecule has 37 heavy (non-hydrogen) atoms. The van der Waals surface area contributed by atoms with E-state index in [0.717, 1.165) is 0 Å². The average molecular weight is 540 g/mol. The van der Waals surface area contributed by atoms with Crippen molar-refractivity contribution >= 4 is 0 Å². The lowest BCUT2D eigenvalue weighted by molar-refractivity contribution is -0.373. The molecule has 16 heteroatoms. The summed E-state index contributed by atoms with van der Waals surface area (Å²) in [5.74, 6) is 0. The van der Waals surface area contributed by atoms with E-state index in [2.05, 4.69) is 5.32 Å². The molecule has 0 spiro atoms. The summed E-state index contributed by atoms with van der Waals surface area (Å²) < 4.78 is 29.2. The maximum absolute atomic E-state index is 11.1. The van der Waals surface area contributed by atoms with Crippen LogP contribution in [0.25, 0.3) is 0 Å². The summed E-state index contributed by atoms with van der Waals surface area (Å²) in [6, 6.07) is -4.05. The Hall–Kier alpha value is -0.640. The summed E-state index contributed by atoms with van der Waals surface area (Å²) >= 11 is 0. The molecule has 3 heterocycles. The van der Waals surface area contributed by atoms with Gasteiger partial charge < -0.3 is 82.6 Å². The van der Waals surface area contributed by atoms with Crippen molar-refractivity contribution in [2.24, 2.45) is 22.9 Å². The lowest BCUT2D eigenvalue weighted by Gasteiger charge is -2.51. The lowest BCUT2D eigenvalue weighted by atomic mass is 9.84. The summed E-state index contributed by atoms with van der Waals surface area (Å²) in [4.78, 5) is 0. The number of nitrogens with two attached hydrogens (primary N) is 4. The second-order valence-corrected chi connectivity index (χ2v) is 10.3. The molecular formula is C21H41N5O11. The number of hydrogen-bond acceptors (Lipinski definition) is 16. The van der Waals surface area contributed by atoms with Gasteiger partial charge in [0.25, 0.3) is 0 Å². The highest BCUT2D eigenvalue weighted by Crippen LogP contribution is 2.35. The molecule has 0 unspecified atom stereocenters. The third-order valence-electron chi connectivity index (χ3n) is 7.74. The van der Waals surface area contributed by atoms with Crippen LogP contribution in [0.5, 0.6) is 0 Å². The van der Waals surface area contributed by atoms with Crippen LogP contribution in [0.3, 0.4) is 0 Å². The zero-order valence-corrected chi connectivity index (χ0v) is 20.5. The number of rotatable bonds is 6. The van der Waals surface area contributed by atoms with Crippen molar-refractivity contribution in [3.63, 3.8) is 0 Å². The summed E-state index contributed by atoms with van der Waals surface area (Å²) in [6.07, 6.45) is -13.7. The summed E-state index contributed by atoms with van der Waals surface area (Å²) in [5, 5.41) is 64.7. The van der Waals surface area contributed by atoms with Gasteiger partial charge in [0.15, 0.2) is 18.9 Å². The van der Waals surface area contributed by atoms with Crippen molar-refractivity contribution in [1.82, 2.24) is 5.32 Å². The van der Waals surface area contributed by atoms with Gasteiger partial charge in [0.2, 0.25) is 0 Å². The normalized spacial score (nSPS) is 55.1. The monoisotopic (exact) mass is 539 g/mol. The van der Waals surface area contributed by atoms with Gasteiger partial charge in [-0.25, -0.2) is 0 Å². The molecule has 17 atom stereocenters. The molecule has 3 saturated heterocycles. The highest BCUT2D eigenvalue weighted by molar-refractivity contribution is 5.01. The van der Waals surface area contributed by atoms with Crippen LogP contribution in [0.4, 0.5) is 0 Å². The predicted molar refractivity (Wildman–Crippen MR) is 123 cm³/mol. The number of nitrogens with one attached hydrogen (secondary N) is 1. The van der Waals surface area contributed by atoms with E-state index in [9.17, 15) is 30.6 Å². The summed E-state index contributed by atoms with van der Waals surface area (Å²) in [7, 11) is 1.55. The van der Waals surface area contributed by atoms with E-state index in [-0.39, 0.29) is 12.8 Å². The topological polar surface area (TPSA) is 284 Å². The van der Waals surface area contributed by atoms with Crippen LogP contribution in [0.15, 0.2) is 0 Å². The maximum Gasteiger partial charge on any atom is 0.189 e. The van der Waals surface area contributed by atoms with Crippen LogP contribution < -0.4 is 28.3 Å². The minimum atomic E-state index is -1.54. The fourth-order valence-electron chi connectivity index (χ4n) is 5.46. The smallest absolute Gasteiger partial charge is 0.189 e. The van der Waals surface area contributed by atoms with E-state index in [1.54, 1.807) is 7.05 Å². The number of fused-ring (bicyclic) bond motifs is 1. The fourth-order valence-corrected chi connectivity index (χ4v) is 5.46. The highest BCUT2D eigenvalue weighted by atomic mass is 16.8. The zero-order valence-electron chi connectivity index (χ0n) is 20.5. The number of aliphatic hydroxyl groups excluding tert-OH is 6. The number of ether oxygens (including phenoxy) is 5. The van der Waals surface area contributed by atoms with Crippen LogP contribution in [-0.4, -0.2) is 148 Å². The zero-order chi connectivity index (χ0) is 27.2. The molecule has 3 aliphatic heterocycles. The molecule has 4 rings (SSSR count). The third kappa shape index (κ3) is 5.66. The van der Waals surface area contributed by atoms with Crippen molar-refractivity contribution in [2.45, 2.75) is 117 Å². The molecule has 0 aromatic heterocycles. The average Bonchev–Trinajstić information content (AvgIpc) is 2.86. The molecule has 0 aromatic carbocycles. The van der Waals surface area contributed by atoms with Crippen LogP contribution in [0.1, 0.15) is 12.8 Å². The molecule has 0 radical (unpaired) electrons. The van der Waals surface area contributed by atoms with Gasteiger partial charge in [-0.2, -0.15) is 0 Å². The number of hydrogen-bond donors (Lipinski definition) is 11. The molecule has 0 aromatic rings. The molecule has 15 N–H and O–H groups in total. The van der Waals surface area contributed by atoms with Gasteiger partial charge in [-0.05, 0) is 19.9 Å². The molecule has 0 bridgehead atoms. The Bertz CT molecular complexity index is 756. The molecular weight excluding hydrogens is 498 g/mol. The van der Waals surface area contributed by atoms with Crippen LogP contribution in [0.2, 0.25) is 0 Å². The van der Waals surface area contributed by atoms with Gasteiger partial charge in [0.1, 0.15) is 42.7 Å². The van der Waals surface area contributed by atoms with Crippen LogP contribution >= 0.6 is 0 Å². The van der Waals surface area contributed by atoms with Crippen molar-refractivity contribution < 1.29 is 54.3 Å². The molecule has 16 nitrogen and oxygen atoms in total. The number of aliphatic hydroxyl groups is 6. The second kappa shape index (κ2) is 11.8. The quantitative estimate of drug-likeness (QED) is 0.149. The van der Waals surface area contributed by atoms with E-state index >= 15 is 0 Å². The van der Waals surface area contributed by atoms with Crippen LogP contribution in [-0.2, 0) is 23.7 Å². The highest BCUT2D eigenvalue weighted by Gasteiger charge is 2.54. The Balaban J connectivity index is 1.43. The van der Waals surface area contributed by atoms with Gasteiger partial charge in [-0.3, -0.25) is 0 Å². The first kappa shape index (κ1) is 29.3. The molecule has 1 saturated carbocycles. The summed E-state index contributed by atoms with van der Waals surface area (Å²) in [5.41, 5.74) is 24.0. The first-order valence-electron chi connectivity index (χ1n) is 12.5. The minimum absolute atomic E-state index is 0.156. The van der Waals surface area contributed by atoms with Gasteiger partial charge >= 0.3 is 0 Å². The largest absolute Gasteiger partial charge is 0.394 e. The maximum atomic E-state index is 11.1. The first-order valence-corrected chi connectivity index (χ1v) is 12.5. The molecule has 4 aliphatic rings. The third-order valence-corrected chi connectivity index (χ3v) is 7.74. The Kier molecular flexibility index (Phi) is 9.40. The van der Waals surface area contributed by atoms with Gasteiger partial charge in [0.05, 0.1) is 36.9 Å². The molecule has 0 amide bonds. The van der Waals surface area contributed by atoms with E-state index in [4.69, 9.17) is 46.6 Å². The Morgan fingerprint density at radius 1 is 0.730 bits per heavy atom. The Labute approximate surface area is 213 Å². The van der Waals surface area contributed by atoms with E-state index in [1.807, 2.05) is 0 Å².